The molecule has 1 fully saturated rings. The van der Waals surface area contributed by atoms with Crippen molar-refractivity contribution in [3.05, 3.63) is 35.7 Å². The molecule has 1 aliphatic carbocycles. The lowest BCUT2D eigenvalue weighted by molar-refractivity contribution is -0.120. The van der Waals surface area contributed by atoms with Crippen molar-refractivity contribution in [1.82, 2.24) is 20.1 Å². The Labute approximate surface area is 158 Å². The summed E-state index contributed by atoms with van der Waals surface area (Å²) < 4.78 is 7.30. The first kappa shape index (κ1) is 18.8. The molecule has 7 heteroatoms. The van der Waals surface area contributed by atoms with Crippen molar-refractivity contribution in [2.45, 2.75) is 56.0 Å². The van der Waals surface area contributed by atoms with E-state index in [-0.39, 0.29) is 11.2 Å². The third-order valence-electron chi connectivity index (χ3n) is 4.53. The van der Waals surface area contributed by atoms with Gasteiger partial charge in [-0.2, -0.15) is 0 Å². The molecule has 0 spiro atoms. The quantitative estimate of drug-likeness (QED) is 0.683. The predicted molar refractivity (Wildman–Crippen MR) is 103 cm³/mol. The Morgan fingerprint density at radius 3 is 2.69 bits per heavy atom. The van der Waals surface area contributed by atoms with Crippen LogP contribution >= 0.6 is 11.8 Å². The number of amides is 1. The molecule has 26 heavy (non-hydrogen) atoms. The van der Waals surface area contributed by atoms with Gasteiger partial charge >= 0.3 is 0 Å². The maximum atomic E-state index is 12.4. The van der Waals surface area contributed by atoms with E-state index in [9.17, 15) is 4.79 Å². The maximum absolute atomic E-state index is 12.4. The minimum absolute atomic E-state index is 0.0298. The minimum Gasteiger partial charge on any atom is -0.497 e. The molecule has 2 aromatic rings. The third-order valence-corrected chi connectivity index (χ3v) is 5.61. The third kappa shape index (κ3) is 4.58. The Morgan fingerprint density at radius 2 is 2.08 bits per heavy atom. The van der Waals surface area contributed by atoms with Crippen molar-refractivity contribution in [3.63, 3.8) is 0 Å². The molecule has 1 saturated carbocycles. The smallest absolute Gasteiger partial charge is 0.233 e. The van der Waals surface area contributed by atoms with E-state index in [4.69, 9.17) is 4.74 Å². The van der Waals surface area contributed by atoms with Crippen LogP contribution in [0.15, 0.2) is 29.4 Å². The van der Waals surface area contributed by atoms with E-state index in [1.165, 1.54) is 30.2 Å². The molecule has 1 aliphatic rings. The molecule has 1 atom stereocenters. The Morgan fingerprint density at radius 1 is 1.35 bits per heavy atom. The molecule has 1 N–H and O–H groups in total. The summed E-state index contributed by atoms with van der Waals surface area (Å²) in [7, 11) is 1.65. The van der Waals surface area contributed by atoms with Crippen LogP contribution in [0.5, 0.6) is 5.75 Å². The minimum atomic E-state index is -0.201. The molecule has 140 valence electrons. The van der Waals surface area contributed by atoms with Crippen molar-refractivity contribution in [1.29, 1.82) is 0 Å². The van der Waals surface area contributed by atoms with Crippen molar-refractivity contribution in [2.24, 2.45) is 0 Å². The van der Waals surface area contributed by atoms with Crippen molar-refractivity contribution in [3.8, 4) is 5.75 Å². The monoisotopic (exact) mass is 374 g/mol. The van der Waals surface area contributed by atoms with Gasteiger partial charge in [0, 0.05) is 19.0 Å². The number of aromatic nitrogens is 3. The highest BCUT2D eigenvalue weighted by Gasteiger charge is 2.30. The number of hydrogen-bond acceptors (Lipinski definition) is 5. The van der Waals surface area contributed by atoms with Crippen LogP contribution in [0.3, 0.4) is 0 Å². The van der Waals surface area contributed by atoms with Gasteiger partial charge in [0.1, 0.15) is 11.6 Å². The van der Waals surface area contributed by atoms with Crippen LogP contribution in [0.25, 0.3) is 0 Å². The zero-order valence-electron chi connectivity index (χ0n) is 15.6. The van der Waals surface area contributed by atoms with Crippen LogP contribution in [0.4, 0.5) is 0 Å². The van der Waals surface area contributed by atoms with E-state index < -0.39 is 0 Å². The summed E-state index contributed by atoms with van der Waals surface area (Å²) in [6.45, 7) is 5.47. The average Bonchev–Trinajstić information content (AvgIpc) is 3.43. The van der Waals surface area contributed by atoms with E-state index in [1.807, 2.05) is 31.2 Å². The number of ether oxygens (including phenoxy) is 1. The van der Waals surface area contributed by atoms with Gasteiger partial charge in [0.05, 0.1) is 12.4 Å². The summed E-state index contributed by atoms with van der Waals surface area (Å²) in [4.78, 5) is 12.4. The molecule has 1 heterocycles. The molecule has 1 aromatic heterocycles. The number of benzene rings is 1. The van der Waals surface area contributed by atoms with Crippen LogP contribution in [-0.4, -0.2) is 39.6 Å². The summed E-state index contributed by atoms with van der Waals surface area (Å²) in [5.41, 5.74) is 1.17. The van der Waals surface area contributed by atoms with Gasteiger partial charge in [0.25, 0.3) is 0 Å². The van der Waals surface area contributed by atoms with Crippen LogP contribution < -0.4 is 10.1 Å². The highest BCUT2D eigenvalue weighted by atomic mass is 32.2. The van der Waals surface area contributed by atoms with Gasteiger partial charge in [-0.05, 0) is 50.8 Å². The van der Waals surface area contributed by atoms with Crippen LogP contribution in [0.2, 0.25) is 0 Å². The Hall–Kier alpha value is -2.02. The van der Waals surface area contributed by atoms with Gasteiger partial charge in [-0.15, -0.1) is 10.2 Å². The lowest BCUT2D eigenvalue weighted by Gasteiger charge is -2.13. The first-order chi connectivity index (χ1) is 12.6. The SMILES string of the molecule is CCn1c(S[C@@H](C)C(=O)NCCc2ccc(OC)cc2)nnc1C1CC1. The zero-order chi connectivity index (χ0) is 18.5. The number of carbonyl (C=O) groups excluding carboxylic acids is 1. The number of thioether (sulfide) groups is 1. The van der Waals surface area contributed by atoms with Crippen LogP contribution in [0, 0.1) is 0 Å². The van der Waals surface area contributed by atoms with Crippen LogP contribution in [0.1, 0.15) is 44.0 Å². The van der Waals surface area contributed by atoms with Gasteiger partial charge in [-0.1, -0.05) is 23.9 Å². The number of carbonyl (C=O) groups is 1. The van der Waals surface area contributed by atoms with E-state index in [0.717, 1.165) is 29.7 Å². The van der Waals surface area contributed by atoms with Gasteiger partial charge in [-0.25, -0.2) is 0 Å². The average molecular weight is 375 g/mol. The first-order valence-corrected chi connectivity index (χ1v) is 10.0. The summed E-state index contributed by atoms with van der Waals surface area (Å²) >= 11 is 1.48. The van der Waals surface area contributed by atoms with Crippen molar-refractivity contribution >= 4 is 17.7 Å². The fraction of sp³-hybridized carbons (Fsp3) is 0.526. The molecule has 0 aliphatic heterocycles. The Bertz CT molecular complexity index is 740. The number of nitrogens with one attached hydrogen (secondary N) is 1. The Kier molecular flexibility index (Phi) is 6.19. The van der Waals surface area contributed by atoms with E-state index in [2.05, 4.69) is 27.0 Å². The molecule has 3 rings (SSSR count). The van der Waals surface area contributed by atoms with Crippen molar-refractivity contribution in [2.75, 3.05) is 13.7 Å². The summed E-state index contributed by atoms with van der Waals surface area (Å²) in [6.07, 6.45) is 3.19. The topological polar surface area (TPSA) is 69.0 Å². The summed E-state index contributed by atoms with van der Waals surface area (Å²) in [5, 5.41) is 12.3. The second kappa shape index (κ2) is 8.58. The van der Waals surface area contributed by atoms with E-state index in [0.29, 0.717) is 12.5 Å². The molecular weight excluding hydrogens is 348 g/mol. The van der Waals surface area contributed by atoms with Gasteiger partial charge in [-0.3, -0.25) is 4.79 Å². The van der Waals surface area contributed by atoms with E-state index in [1.54, 1.807) is 7.11 Å². The zero-order valence-corrected chi connectivity index (χ0v) is 16.4. The molecular formula is C19H26N4O2S. The molecule has 0 bridgehead atoms. The fourth-order valence-corrected chi connectivity index (χ4v) is 3.75. The van der Waals surface area contributed by atoms with Crippen molar-refractivity contribution < 1.29 is 9.53 Å². The number of hydrogen-bond donors (Lipinski definition) is 1. The number of methoxy groups -OCH3 is 1. The van der Waals surface area contributed by atoms with Gasteiger partial charge in [0.15, 0.2) is 5.16 Å². The maximum Gasteiger partial charge on any atom is 0.233 e. The number of nitrogens with zero attached hydrogens (tertiary/aromatic N) is 3. The normalized spacial score (nSPS) is 14.9. The lowest BCUT2D eigenvalue weighted by atomic mass is 10.1. The summed E-state index contributed by atoms with van der Waals surface area (Å²) in [6, 6.07) is 7.91. The molecule has 0 saturated heterocycles. The van der Waals surface area contributed by atoms with Gasteiger partial charge < -0.3 is 14.6 Å². The Balaban J connectivity index is 1.48. The molecule has 0 radical (unpaired) electrons. The second-order valence-electron chi connectivity index (χ2n) is 6.51. The highest BCUT2D eigenvalue weighted by molar-refractivity contribution is 8.00. The first-order valence-electron chi connectivity index (χ1n) is 9.12. The number of rotatable bonds is 9. The predicted octanol–water partition coefficient (Wildman–Crippen LogP) is 3.02. The largest absolute Gasteiger partial charge is 0.497 e. The second-order valence-corrected chi connectivity index (χ2v) is 7.82. The summed E-state index contributed by atoms with van der Waals surface area (Å²) in [5.74, 6) is 2.50. The molecule has 6 nitrogen and oxygen atoms in total. The van der Waals surface area contributed by atoms with Gasteiger partial charge in [0.2, 0.25) is 5.91 Å². The van der Waals surface area contributed by atoms with Crippen LogP contribution in [-0.2, 0) is 17.8 Å². The molecule has 1 aromatic carbocycles. The lowest BCUT2D eigenvalue weighted by Crippen LogP contribution is -2.32. The standard InChI is InChI=1S/C19H26N4O2S/c1-4-23-17(15-7-8-15)21-22-19(23)26-13(2)18(24)20-12-11-14-5-9-16(25-3)10-6-14/h5-6,9-10,13,15H,4,7-8,11-12H2,1-3H3,(H,20,24)/t13-/m0/s1. The molecule has 1 amide bonds. The fourth-order valence-electron chi connectivity index (χ4n) is 2.81. The van der Waals surface area contributed by atoms with E-state index >= 15 is 0 Å². The molecule has 0 unspecified atom stereocenters. The highest BCUT2D eigenvalue weighted by Crippen LogP contribution is 2.40.